The number of hydrogen-bond donors (Lipinski definition) is 2. The van der Waals surface area contributed by atoms with Gasteiger partial charge >= 0.3 is 5.97 Å². The van der Waals surface area contributed by atoms with Crippen LogP contribution in [0.4, 0.5) is 5.95 Å². The molecule has 0 bridgehead atoms. The van der Waals surface area contributed by atoms with Crippen molar-refractivity contribution in [3.05, 3.63) is 53.0 Å². The fourth-order valence-corrected chi connectivity index (χ4v) is 3.10. The quantitative estimate of drug-likeness (QED) is 0.693. The molecule has 0 aliphatic carbocycles. The van der Waals surface area contributed by atoms with Gasteiger partial charge in [-0.05, 0) is 32.9 Å². The Morgan fingerprint density at radius 1 is 1.26 bits per heavy atom. The maximum absolute atomic E-state index is 11.3. The van der Waals surface area contributed by atoms with Crippen LogP contribution in [0.1, 0.15) is 35.9 Å². The van der Waals surface area contributed by atoms with E-state index in [2.05, 4.69) is 25.3 Å². The van der Waals surface area contributed by atoms with Gasteiger partial charge in [0.15, 0.2) is 0 Å². The van der Waals surface area contributed by atoms with E-state index < -0.39 is 11.5 Å². The molecule has 0 spiro atoms. The summed E-state index contributed by atoms with van der Waals surface area (Å²) in [7, 11) is 1.66. The van der Waals surface area contributed by atoms with Crippen LogP contribution >= 0.6 is 11.6 Å². The number of aromatic carboxylic acids is 1. The molecule has 0 radical (unpaired) electrons. The minimum absolute atomic E-state index is 0.0318. The second-order valence-electron chi connectivity index (χ2n) is 6.61. The van der Waals surface area contributed by atoms with Gasteiger partial charge in [-0.15, -0.1) is 0 Å². The van der Waals surface area contributed by atoms with Gasteiger partial charge in [-0.3, -0.25) is 4.98 Å². The summed E-state index contributed by atoms with van der Waals surface area (Å²) in [6, 6.07) is 3.55. The molecule has 3 aromatic heterocycles. The lowest BCUT2D eigenvalue weighted by atomic mass is 10.00. The fraction of sp³-hybridized carbons (Fsp3) is 0.278. The zero-order valence-corrected chi connectivity index (χ0v) is 16.1. The summed E-state index contributed by atoms with van der Waals surface area (Å²) in [4.78, 5) is 28.4. The van der Waals surface area contributed by atoms with Gasteiger partial charge in [-0.1, -0.05) is 11.6 Å². The lowest BCUT2D eigenvalue weighted by Crippen LogP contribution is -2.30. The molecule has 0 saturated carbocycles. The Labute approximate surface area is 161 Å². The number of nitrogens with zero attached hydrogens (tertiary/aromatic N) is 5. The Bertz CT molecular complexity index is 998. The van der Waals surface area contributed by atoms with Crippen molar-refractivity contribution in [2.75, 3.05) is 5.32 Å². The molecule has 9 heteroatoms. The summed E-state index contributed by atoms with van der Waals surface area (Å²) in [6.07, 6.45) is 4.89. The summed E-state index contributed by atoms with van der Waals surface area (Å²) in [6.45, 7) is 5.66. The molecule has 0 aliphatic rings. The molecule has 3 rings (SSSR count). The first kappa shape index (κ1) is 18.8. The number of carbonyl (C=O) groups is 1. The van der Waals surface area contributed by atoms with Gasteiger partial charge in [0.25, 0.3) is 0 Å². The lowest BCUT2D eigenvalue weighted by Gasteiger charge is -2.26. The summed E-state index contributed by atoms with van der Waals surface area (Å²) in [5, 5.41) is 13.0. The van der Waals surface area contributed by atoms with E-state index in [1.807, 2.05) is 13.8 Å². The molecule has 2 N–H and O–H groups in total. The van der Waals surface area contributed by atoms with E-state index in [0.29, 0.717) is 27.9 Å². The summed E-state index contributed by atoms with van der Waals surface area (Å²) >= 11 is 6.24. The second-order valence-corrected chi connectivity index (χ2v) is 7.02. The molecule has 0 fully saturated rings. The van der Waals surface area contributed by atoms with E-state index in [1.165, 1.54) is 4.57 Å². The topological polar surface area (TPSA) is 106 Å². The summed E-state index contributed by atoms with van der Waals surface area (Å²) < 4.78 is 1.52. The molecule has 0 atom stereocenters. The molecule has 0 saturated heterocycles. The molecule has 27 heavy (non-hydrogen) atoms. The van der Waals surface area contributed by atoms with E-state index in [1.54, 1.807) is 44.7 Å². The highest BCUT2D eigenvalue weighted by atomic mass is 35.5. The monoisotopic (exact) mass is 386 g/mol. The van der Waals surface area contributed by atoms with Crippen LogP contribution < -0.4 is 5.32 Å². The highest BCUT2D eigenvalue weighted by molar-refractivity contribution is 6.31. The van der Waals surface area contributed by atoms with Crippen LogP contribution in [-0.2, 0) is 12.6 Å². The molecular weight excluding hydrogens is 368 g/mol. The lowest BCUT2D eigenvalue weighted by molar-refractivity contribution is 0.0679. The summed E-state index contributed by atoms with van der Waals surface area (Å²) in [5.41, 5.74) is 1.99. The van der Waals surface area contributed by atoms with Crippen molar-refractivity contribution >= 4 is 23.5 Å². The Balaban J connectivity index is 1.87. The molecule has 140 valence electrons. The molecule has 0 amide bonds. The molecule has 3 aromatic rings. The maximum Gasteiger partial charge on any atom is 0.372 e. The average Bonchev–Trinajstić information content (AvgIpc) is 2.91. The molecule has 3 heterocycles. The van der Waals surface area contributed by atoms with Crippen molar-refractivity contribution < 1.29 is 9.90 Å². The molecular formula is C18H19ClN6O2. The third-order valence-corrected chi connectivity index (χ3v) is 4.58. The van der Waals surface area contributed by atoms with Crippen molar-refractivity contribution in [2.45, 2.75) is 26.3 Å². The zero-order valence-electron chi connectivity index (χ0n) is 15.4. The SMILES string of the molecule is Cc1c(-c2cnc(NC(C)(C)c3ncccc3Cl)nc2)nc(C(=O)O)n1C. The Kier molecular flexibility index (Phi) is 4.84. The first-order valence-corrected chi connectivity index (χ1v) is 8.56. The number of aromatic nitrogens is 5. The van der Waals surface area contributed by atoms with E-state index in [0.717, 1.165) is 5.69 Å². The highest BCUT2D eigenvalue weighted by Gasteiger charge is 2.26. The minimum Gasteiger partial charge on any atom is -0.475 e. The van der Waals surface area contributed by atoms with Crippen molar-refractivity contribution in [2.24, 2.45) is 7.05 Å². The van der Waals surface area contributed by atoms with E-state index in [-0.39, 0.29) is 5.82 Å². The Morgan fingerprint density at radius 3 is 2.48 bits per heavy atom. The Hall–Kier alpha value is -3.00. The predicted molar refractivity (Wildman–Crippen MR) is 102 cm³/mol. The number of halogens is 1. The largest absolute Gasteiger partial charge is 0.475 e. The number of hydrogen-bond acceptors (Lipinski definition) is 6. The van der Waals surface area contributed by atoms with Gasteiger partial charge in [-0.2, -0.15) is 0 Å². The van der Waals surface area contributed by atoms with E-state index in [4.69, 9.17) is 11.6 Å². The summed E-state index contributed by atoms with van der Waals surface area (Å²) in [5.74, 6) is -0.715. The standard InChI is InChI=1S/C18H19ClN6O2/c1-10-13(23-15(16(26)27)25(10)4)11-8-21-17(22-9-11)24-18(2,3)14-12(19)6-5-7-20-14/h5-9H,1-4H3,(H,26,27)(H,21,22,24). The smallest absolute Gasteiger partial charge is 0.372 e. The van der Waals surface area contributed by atoms with Gasteiger partial charge in [0.2, 0.25) is 11.8 Å². The normalized spacial score (nSPS) is 11.4. The van der Waals surface area contributed by atoms with Gasteiger partial charge in [-0.25, -0.2) is 19.7 Å². The maximum atomic E-state index is 11.3. The van der Waals surface area contributed by atoms with Crippen LogP contribution in [0.15, 0.2) is 30.7 Å². The van der Waals surface area contributed by atoms with Crippen molar-refractivity contribution in [1.29, 1.82) is 0 Å². The number of carboxylic acids is 1. The number of imidazole rings is 1. The third kappa shape index (κ3) is 3.61. The van der Waals surface area contributed by atoms with Crippen molar-refractivity contribution in [1.82, 2.24) is 24.5 Å². The first-order valence-electron chi connectivity index (χ1n) is 8.19. The number of anilines is 1. The zero-order chi connectivity index (χ0) is 19.8. The van der Waals surface area contributed by atoms with Crippen LogP contribution in [0, 0.1) is 6.92 Å². The predicted octanol–water partition coefficient (Wildman–Crippen LogP) is 3.28. The van der Waals surface area contributed by atoms with Crippen LogP contribution in [0.2, 0.25) is 5.02 Å². The van der Waals surface area contributed by atoms with Crippen LogP contribution in [0.25, 0.3) is 11.3 Å². The van der Waals surface area contributed by atoms with Crippen molar-refractivity contribution in [3.8, 4) is 11.3 Å². The van der Waals surface area contributed by atoms with Crippen molar-refractivity contribution in [3.63, 3.8) is 0 Å². The minimum atomic E-state index is -1.08. The molecule has 0 aromatic carbocycles. The fourth-order valence-electron chi connectivity index (χ4n) is 2.74. The average molecular weight is 387 g/mol. The molecule has 8 nitrogen and oxygen atoms in total. The first-order chi connectivity index (χ1) is 12.7. The van der Waals surface area contributed by atoms with Gasteiger partial charge in [0, 0.05) is 36.9 Å². The molecule has 0 aliphatic heterocycles. The second kappa shape index (κ2) is 6.96. The van der Waals surface area contributed by atoms with E-state index in [9.17, 15) is 9.90 Å². The van der Waals surface area contributed by atoms with Gasteiger partial charge in [0.1, 0.15) is 0 Å². The number of carboxylic acid groups (broad SMARTS) is 1. The number of nitrogens with one attached hydrogen (secondary N) is 1. The van der Waals surface area contributed by atoms with Gasteiger partial charge < -0.3 is 15.0 Å². The number of pyridine rings is 1. The van der Waals surface area contributed by atoms with Crippen LogP contribution in [0.3, 0.4) is 0 Å². The van der Waals surface area contributed by atoms with Crippen LogP contribution in [0.5, 0.6) is 0 Å². The van der Waals surface area contributed by atoms with Gasteiger partial charge in [0.05, 0.1) is 21.9 Å². The number of rotatable bonds is 5. The third-order valence-electron chi connectivity index (χ3n) is 4.27. The van der Waals surface area contributed by atoms with Crippen LogP contribution in [-0.4, -0.2) is 35.6 Å². The van der Waals surface area contributed by atoms with E-state index >= 15 is 0 Å². The Morgan fingerprint density at radius 2 is 1.93 bits per heavy atom. The molecule has 0 unspecified atom stereocenters. The highest BCUT2D eigenvalue weighted by Crippen LogP contribution is 2.28.